The lowest BCUT2D eigenvalue weighted by Crippen LogP contribution is -2.30. The number of nitrogens with zero attached hydrogens (tertiary/aromatic N) is 2. The van der Waals surface area contributed by atoms with E-state index in [1.165, 1.54) is 33.2 Å². The van der Waals surface area contributed by atoms with Gasteiger partial charge in [0.25, 0.3) is 0 Å². The van der Waals surface area contributed by atoms with E-state index in [-0.39, 0.29) is 0 Å². The van der Waals surface area contributed by atoms with Crippen LogP contribution in [0.15, 0.2) is 67.0 Å². The maximum atomic E-state index is 2.27. The monoisotopic (exact) mass is 273 g/mol. The van der Waals surface area contributed by atoms with E-state index < -0.39 is 0 Å². The average molecular weight is 273 g/mol. The predicted molar refractivity (Wildman–Crippen MR) is 86.3 cm³/mol. The first-order chi connectivity index (χ1) is 10.3. The van der Waals surface area contributed by atoms with Crippen molar-refractivity contribution >= 4 is 16.4 Å². The highest BCUT2D eigenvalue weighted by atomic mass is 14.9. The maximum Gasteiger partial charge on any atom is 0.222 e. The number of hydrogen-bond donors (Lipinski definition) is 0. The van der Waals surface area contributed by atoms with E-state index >= 15 is 0 Å². The van der Waals surface area contributed by atoms with Crippen LogP contribution in [0, 0.1) is 6.92 Å². The third-order valence-corrected chi connectivity index (χ3v) is 4.18. The Balaban J connectivity index is 2.18. The van der Waals surface area contributed by atoms with E-state index in [4.69, 9.17) is 0 Å². The van der Waals surface area contributed by atoms with Crippen molar-refractivity contribution in [2.45, 2.75) is 6.92 Å². The molecule has 0 aliphatic heterocycles. The number of aromatic nitrogens is 2. The third-order valence-electron chi connectivity index (χ3n) is 4.18. The molecule has 2 nitrogen and oxygen atoms in total. The predicted octanol–water partition coefficient (Wildman–Crippen LogP) is 3.89. The second kappa shape index (κ2) is 4.45. The van der Waals surface area contributed by atoms with Crippen LogP contribution >= 0.6 is 0 Å². The number of fused-ring (bicyclic) bond motifs is 3. The molecule has 0 unspecified atom stereocenters. The zero-order chi connectivity index (χ0) is 14.4. The summed E-state index contributed by atoms with van der Waals surface area (Å²) in [6.45, 7) is 2.17. The Morgan fingerprint density at radius 3 is 2.62 bits per heavy atom. The topological polar surface area (TPSA) is 8.29 Å². The van der Waals surface area contributed by atoms with Gasteiger partial charge in [-0.3, -0.25) is 0 Å². The Hall–Kier alpha value is -2.61. The maximum absolute atomic E-state index is 2.27. The van der Waals surface area contributed by atoms with E-state index in [1.807, 2.05) is 0 Å². The molecule has 3 heterocycles. The molecule has 0 bridgehead atoms. The smallest absolute Gasteiger partial charge is 0.222 e. The summed E-state index contributed by atoms with van der Waals surface area (Å²) in [7, 11) is 2.11. The highest BCUT2D eigenvalue weighted by Crippen LogP contribution is 2.29. The van der Waals surface area contributed by atoms with Gasteiger partial charge in [-0.05, 0) is 36.8 Å². The normalized spacial score (nSPS) is 11.3. The summed E-state index contributed by atoms with van der Waals surface area (Å²) in [5.41, 5.74) is 6.35. The largest absolute Gasteiger partial charge is 0.316 e. The van der Waals surface area contributed by atoms with Crippen molar-refractivity contribution in [2.24, 2.45) is 7.05 Å². The van der Waals surface area contributed by atoms with Crippen LogP contribution in [-0.4, -0.2) is 4.40 Å². The Kier molecular flexibility index (Phi) is 2.58. The summed E-state index contributed by atoms with van der Waals surface area (Å²) in [4.78, 5) is 0. The van der Waals surface area contributed by atoms with Crippen LogP contribution in [0.3, 0.4) is 0 Å². The van der Waals surface area contributed by atoms with Crippen LogP contribution in [-0.2, 0) is 7.05 Å². The fourth-order valence-corrected chi connectivity index (χ4v) is 3.13. The summed E-state index contributed by atoms with van der Waals surface area (Å²) in [6.07, 6.45) is 4.27. The minimum atomic E-state index is 1.23. The first kappa shape index (κ1) is 12.2. The van der Waals surface area contributed by atoms with Gasteiger partial charge in [-0.2, -0.15) is 0 Å². The molecule has 3 aromatic heterocycles. The molecule has 0 N–H and O–H groups in total. The van der Waals surface area contributed by atoms with E-state index in [9.17, 15) is 0 Å². The molecule has 0 aliphatic rings. The number of benzene rings is 1. The van der Waals surface area contributed by atoms with Gasteiger partial charge in [0.05, 0.1) is 10.9 Å². The quantitative estimate of drug-likeness (QED) is 0.465. The first-order valence-corrected chi connectivity index (χ1v) is 7.20. The van der Waals surface area contributed by atoms with Crippen molar-refractivity contribution in [1.82, 2.24) is 4.40 Å². The SMILES string of the molecule is Cc1ccccc1-c1c2cc3ccccn3c2cc[n+]1C. The third kappa shape index (κ3) is 1.76. The van der Waals surface area contributed by atoms with Crippen LogP contribution < -0.4 is 4.57 Å². The van der Waals surface area contributed by atoms with Gasteiger partial charge in [-0.1, -0.05) is 24.3 Å². The molecule has 0 spiro atoms. The van der Waals surface area contributed by atoms with E-state index in [0.717, 1.165) is 0 Å². The fourth-order valence-electron chi connectivity index (χ4n) is 3.13. The van der Waals surface area contributed by atoms with Crippen molar-refractivity contribution in [1.29, 1.82) is 0 Å². The lowest BCUT2D eigenvalue weighted by Gasteiger charge is -2.05. The van der Waals surface area contributed by atoms with Crippen molar-refractivity contribution in [2.75, 3.05) is 0 Å². The van der Waals surface area contributed by atoms with Gasteiger partial charge in [0.2, 0.25) is 5.69 Å². The molecule has 0 saturated heterocycles. The van der Waals surface area contributed by atoms with Crippen molar-refractivity contribution in [3.63, 3.8) is 0 Å². The number of rotatable bonds is 1. The van der Waals surface area contributed by atoms with Crippen LogP contribution in [0.2, 0.25) is 0 Å². The molecule has 2 heteroatoms. The summed E-state index contributed by atoms with van der Waals surface area (Å²) in [5, 5.41) is 1.29. The number of hydrogen-bond acceptors (Lipinski definition) is 0. The minimum absolute atomic E-state index is 1.23. The molecule has 1 aromatic carbocycles. The van der Waals surface area contributed by atoms with Crippen molar-refractivity contribution in [3.8, 4) is 11.3 Å². The van der Waals surface area contributed by atoms with Gasteiger partial charge in [-0.25, -0.2) is 4.57 Å². The fraction of sp³-hybridized carbons (Fsp3) is 0.105. The van der Waals surface area contributed by atoms with Gasteiger partial charge in [0.1, 0.15) is 7.05 Å². The van der Waals surface area contributed by atoms with Crippen LogP contribution in [0.25, 0.3) is 27.7 Å². The molecule has 0 atom stereocenters. The summed E-state index contributed by atoms with van der Waals surface area (Å²) in [6, 6.07) is 19.3. The first-order valence-electron chi connectivity index (χ1n) is 7.20. The zero-order valence-corrected chi connectivity index (χ0v) is 12.2. The molecular formula is C19H17N2+. The van der Waals surface area contributed by atoms with Gasteiger partial charge >= 0.3 is 0 Å². The van der Waals surface area contributed by atoms with Crippen LogP contribution in [0.5, 0.6) is 0 Å². The molecule has 102 valence electrons. The average Bonchev–Trinajstić information content (AvgIpc) is 2.87. The highest BCUT2D eigenvalue weighted by Gasteiger charge is 2.18. The Bertz CT molecular complexity index is 964. The molecule has 0 saturated carbocycles. The molecule has 0 radical (unpaired) electrons. The summed E-state index contributed by atoms with van der Waals surface area (Å²) < 4.78 is 4.46. The Morgan fingerprint density at radius 1 is 0.952 bits per heavy atom. The Labute approximate surface area is 123 Å². The zero-order valence-electron chi connectivity index (χ0n) is 12.2. The lowest BCUT2D eigenvalue weighted by atomic mass is 10.0. The highest BCUT2D eigenvalue weighted by molar-refractivity contribution is 5.96. The van der Waals surface area contributed by atoms with Crippen LogP contribution in [0.4, 0.5) is 0 Å². The number of pyridine rings is 2. The standard InChI is InChI=1S/C19H17N2/c1-14-7-3-4-9-16(14)19-17-13-15-8-5-6-11-21(15)18(17)10-12-20(19)2/h3-13H,1-2H3/q+1. The summed E-state index contributed by atoms with van der Waals surface area (Å²) in [5.74, 6) is 0. The van der Waals surface area contributed by atoms with Gasteiger partial charge in [0.15, 0.2) is 6.20 Å². The van der Waals surface area contributed by atoms with Gasteiger partial charge in [-0.15, -0.1) is 0 Å². The van der Waals surface area contributed by atoms with Gasteiger partial charge < -0.3 is 4.40 Å². The number of aryl methyl sites for hydroxylation is 2. The molecule has 4 rings (SSSR count). The molecule has 0 aliphatic carbocycles. The van der Waals surface area contributed by atoms with E-state index in [0.29, 0.717) is 0 Å². The molecule has 0 amide bonds. The van der Waals surface area contributed by atoms with Crippen molar-refractivity contribution < 1.29 is 4.57 Å². The Morgan fingerprint density at radius 2 is 1.76 bits per heavy atom. The van der Waals surface area contributed by atoms with E-state index in [1.54, 1.807) is 0 Å². The lowest BCUT2D eigenvalue weighted by molar-refractivity contribution is -0.659. The molecule has 0 fully saturated rings. The molecular weight excluding hydrogens is 256 g/mol. The van der Waals surface area contributed by atoms with Crippen LogP contribution in [0.1, 0.15) is 5.56 Å². The van der Waals surface area contributed by atoms with Crippen molar-refractivity contribution in [3.05, 3.63) is 72.6 Å². The summed E-state index contributed by atoms with van der Waals surface area (Å²) >= 11 is 0. The minimum Gasteiger partial charge on any atom is -0.316 e. The second-order valence-corrected chi connectivity index (χ2v) is 5.53. The molecule has 4 aromatic rings. The second-order valence-electron chi connectivity index (χ2n) is 5.53. The van der Waals surface area contributed by atoms with Gasteiger partial charge in [0, 0.05) is 23.3 Å². The van der Waals surface area contributed by atoms with E-state index in [2.05, 4.69) is 89.9 Å². The molecule has 21 heavy (non-hydrogen) atoms.